The minimum atomic E-state index is 1.02. The lowest BCUT2D eigenvalue weighted by Gasteiger charge is -2.01. The minimum Gasteiger partial charge on any atom is -0.143 e. The van der Waals surface area contributed by atoms with Crippen molar-refractivity contribution in [3.05, 3.63) is 42.0 Å². The van der Waals surface area contributed by atoms with Gasteiger partial charge in [-0.1, -0.05) is 31.2 Å². The molecule has 0 aliphatic heterocycles. The number of aryl methyl sites for hydroxylation is 1. The number of thiol groups is 1. The van der Waals surface area contributed by atoms with Crippen LogP contribution in [0.2, 0.25) is 0 Å². The van der Waals surface area contributed by atoms with Crippen molar-refractivity contribution in [2.75, 3.05) is 0 Å². The van der Waals surface area contributed by atoms with E-state index in [0.717, 1.165) is 11.3 Å². The molecule has 0 unspecified atom stereocenters. The van der Waals surface area contributed by atoms with Gasteiger partial charge in [-0.3, -0.25) is 0 Å². The first-order valence-electron chi connectivity index (χ1n) is 4.51. The summed E-state index contributed by atoms with van der Waals surface area (Å²) in [6.45, 7) is 2.17. The second-order valence-corrected chi connectivity index (χ2v) is 3.74. The van der Waals surface area contributed by atoms with Gasteiger partial charge in [-0.15, -0.1) is 12.6 Å². The van der Waals surface area contributed by atoms with Crippen LogP contribution in [-0.2, 0) is 6.42 Å². The Balaban J connectivity index is 2.66. The van der Waals surface area contributed by atoms with Crippen LogP contribution in [0.5, 0.6) is 0 Å². The van der Waals surface area contributed by atoms with Gasteiger partial charge < -0.3 is 0 Å². The molecule has 0 nitrogen and oxygen atoms in total. The fraction of sp³-hybridized carbons (Fsp3) is 0.167. The second-order valence-electron chi connectivity index (χ2n) is 3.22. The Morgan fingerprint density at radius 2 is 1.69 bits per heavy atom. The predicted molar refractivity (Wildman–Crippen MR) is 60.6 cm³/mol. The summed E-state index contributed by atoms with van der Waals surface area (Å²) in [5, 5.41) is 2.57. The largest absolute Gasteiger partial charge is 0.143 e. The maximum Gasteiger partial charge on any atom is 0.00463 e. The standard InChI is InChI=1S/C12H12S/c1-2-9-3-4-11-8-12(13)6-5-10(11)7-9/h3-8,13H,2H2,1H3. The van der Waals surface area contributed by atoms with Gasteiger partial charge in [-0.05, 0) is 34.9 Å². The van der Waals surface area contributed by atoms with Crippen molar-refractivity contribution in [2.45, 2.75) is 18.2 Å². The molecule has 0 saturated heterocycles. The highest BCUT2D eigenvalue weighted by Crippen LogP contribution is 2.19. The Bertz CT molecular complexity index is 432. The van der Waals surface area contributed by atoms with Crippen LogP contribution in [0.1, 0.15) is 12.5 Å². The molecule has 0 radical (unpaired) electrons. The minimum absolute atomic E-state index is 1.02. The highest BCUT2D eigenvalue weighted by molar-refractivity contribution is 7.80. The summed E-state index contributed by atoms with van der Waals surface area (Å²) < 4.78 is 0. The fourth-order valence-electron chi connectivity index (χ4n) is 1.50. The number of hydrogen-bond acceptors (Lipinski definition) is 1. The molecule has 0 N–H and O–H groups in total. The topological polar surface area (TPSA) is 0 Å². The SMILES string of the molecule is CCc1ccc2cc(S)ccc2c1. The van der Waals surface area contributed by atoms with Gasteiger partial charge in [0.05, 0.1) is 0 Å². The lowest BCUT2D eigenvalue weighted by molar-refractivity contribution is 1.15. The third-order valence-electron chi connectivity index (χ3n) is 2.30. The number of rotatable bonds is 1. The van der Waals surface area contributed by atoms with E-state index in [2.05, 4.69) is 49.9 Å². The summed E-state index contributed by atoms with van der Waals surface area (Å²) in [5.41, 5.74) is 1.39. The average molecular weight is 188 g/mol. The van der Waals surface area contributed by atoms with Crippen molar-refractivity contribution < 1.29 is 0 Å². The van der Waals surface area contributed by atoms with Crippen LogP contribution in [0.25, 0.3) is 10.8 Å². The highest BCUT2D eigenvalue weighted by Gasteiger charge is 1.95. The molecule has 0 fully saturated rings. The molecule has 66 valence electrons. The fourth-order valence-corrected chi connectivity index (χ4v) is 1.72. The van der Waals surface area contributed by atoms with Crippen LogP contribution < -0.4 is 0 Å². The summed E-state index contributed by atoms with van der Waals surface area (Å²) in [6.07, 6.45) is 1.10. The molecule has 0 amide bonds. The Kier molecular flexibility index (Phi) is 2.28. The van der Waals surface area contributed by atoms with Crippen molar-refractivity contribution in [3.8, 4) is 0 Å². The molecule has 2 rings (SSSR count). The van der Waals surface area contributed by atoms with Gasteiger partial charge in [0.2, 0.25) is 0 Å². The van der Waals surface area contributed by atoms with Crippen molar-refractivity contribution >= 4 is 23.4 Å². The van der Waals surface area contributed by atoms with E-state index in [1.807, 2.05) is 6.07 Å². The zero-order valence-electron chi connectivity index (χ0n) is 7.62. The maximum atomic E-state index is 4.31. The van der Waals surface area contributed by atoms with Crippen LogP contribution in [-0.4, -0.2) is 0 Å². The quantitative estimate of drug-likeness (QED) is 0.648. The first kappa shape index (κ1) is 8.64. The summed E-state index contributed by atoms with van der Waals surface area (Å²) in [6, 6.07) is 12.8. The van der Waals surface area contributed by atoms with E-state index < -0.39 is 0 Å². The Labute approximate surface area is 84.0 Å². The molecule has 0 aliphatic carbocycles. The molecule has 0 saturated carbocycles. The molecule has 2 aromatic rings. The molecule has 0 spiro atoms. The Hall–Kier alpha value is -0.950. The van der Waals surface area contributed by atoms with Gasteiger partial charge >= 0.3 is 0 Å². The molecule has 0 atom stereocenters. The van der Waals surface area contributed by atoms with Crippen LogP contribution in [0, 0.1) is 0 Å². The van der Waals surface area contributed by atoms with Crippen LogP contribution in [0.3, 0.4) is 0 Å². The van der Waals surface area contributed by atoms with Crippen LogP contribution >= 0.6 is 12.6 Å². The number of fused-ring (bicyclic) bond motifs is 1. The molecule has 0 aromatic heterocycles. The van der Waals surface area contributed by atoms with Crippen molar-refractivity contribution in [3.63, 3.8) is 0 Å². The van der Waals surface area contributed by atoms with Gasteiger partial charge in [0.15, 0.2) is 0 Å². The van der Waals surface area contributed by atoms with Gasteiger partial charge in [-0.2, -0.15) is 0 Å². The van der Waals surface area contributed by atoms with E-state index in [1.54, 1.807) is 0 Å². The van der Waals surface area contributed by atoms with Gasteiger partial charge in [-0.25, -0.2) is 0 Å². The second kappa shape index (κ2) is 3.43. The third kappa shape index (κ3) is 1.70. The van der Waals surface area contributed by atoms with E-state index in [-0.39, 0.29) is 0 Å². The van der Waals surface area contributed by atoms with Crippen molar-refractivity contribution in [1.82, 2.24) is 0 Å². The molecule has 1 heteroatoms. The summed E-state index contributed by atoms with van der Waals surface area (Å²) in [4.78, 5) is 1.02. The average Bonchev–Trinajstić information content (AvgIpc) is 2.17. The molecular formula is C12H12S. The zero-order chi connectivity index (χ0) is 9.26. The smallest absolute Gasteiger partial charge is 0.00463 e. The van der Waals surface area contributed by atoms with Crippen LogP contribution in [0.15, 0.2) is 41.3 Å². The zero-order valence-corrected chi connectivity index (χ0v) is 8.51. The summed E-state index contributed by atoms with van der Waals surface area (Å²) in [7, 11) is 0. The molecular weight excluding hydrogens is 176 g/mol. The number of hydrogen-bond donors (Lipinski definition) is 1. The van der Waals surface area contributed by atoms with Gasteiger partial charge in [0.1, 0.15) is 0 Å². The highest BCUT2D eigenvalue weighted by atomic mass is 32.1. The van der Waals surface area contributed by atoms with Crippen molar-refractivity contribution in [2.24, 2.45) is 0 Å². The lowest BCUT2D eigenvalue weighted by atomic mass is 10.1. The van der Waals surface area contributed by atoms with Crippen LogP contribution in [0.4, 0.5) is 0 Å². The first-order valence-corrected chi connectivity index (χ1v) is 4.96. The van der Waals surface area contributed by atoms with E-state index in [0.29, 0.717) is 0 Å². The molecule has 0 heterocycles. The normalized spacial score (nSPS) is 10.6. The first-order chi connectivity index (χ1) is 6.29. The molecule has 13 heavy (non-hydrogen) atoms. The van der Waals surface area contributed by atoms with E-state index in [1.165, 1.54) is 16.3 Å². The van der Waals surface area contributed by atoms with E-state index >= 15 is 0 Å². The van der Waals surface area contributed by atoms with E-state index in [9.17, 15) is 0 Å². The summed E-state index contributed by atoms with van der Waals surface area (Å²) >= 11 is 4.31. The van der Waals surface area contributed by atoms with Gasteiger partial charge in [0, 0.05) is 4.90 Å². The third-order valence-corrected chi connectivity index (χ3v) is 2.57. The van der Waals surface area contributed by atoms with E-state index in [4.69, 9.17) is 0 Å². The molecule has 0 aliphatic rings. The van der Waals surface area contributed by atoms with Crippen molar-refractivity contribution in [1.29, 1.82) is 0 Å². The lowest BCUT2D eigenvalue weighted by Crippen LogP contribution is -1.80. The molecule has 0 bridgehead atoms. The summed E-state index contributed by atoms with van der Waals surface area (Å²) in [5.74, 6) is 0. The molecule has 2 aromatic carbocycles. The van der Waals surface area contributed by atoms with Gasteiger partial charge in [0.25, 0.3) is 0 Å². The maximum absolute atomic E-state index is 4.31. The number of benzene rings is 2. The Morgan fingerprint density at radius 1 is 1.00 bits per heavy atom. The predicted octanol–water partition coefficient (Wildman–Crippen LogP) is 3.69. The Morgan fingerprint density at radius 3 is 2.46 bits per heavy atom. The monoisotopic (exact) mass is 188 g/mol.